The number of rotatable bonds is 4. The summed E-state index contributed by atoms with van der Waals surface area (Å²) in [4.78, 5) is 12.5. The molecular weight excluding hydrogens is 411 g/mol. The van der Waals surface area contributed by atoms with Gasteiger partial charge in [0.1, 0.15) is 5.82 Å². The van der Waals surface area contributed by atoms with Crippen LogP contribution in [0.5, 0.6) is 0 Å². The van der Waals surface area contributed by atoms with E-state index >= 15 is 0 Å². The Labute approximate surface area is 163 Å². The topological polar surface area (TPSA) is 51.9 Å². The molecule has 0 saturated carbocycles. The minimum atomic E-state index is -0.489. The molecule has 4 rings (SSSR count). The first-order valence-corrected chi connectivity index (χ1v) is 8.94. The Morgan fingerprint density at radius 3 is 2.41 bits per heavy atom. The third-order valence-corrected chi connectivity index (χ3v) is 4.46. The van der Waals surface area contributed by atoms with E-state index < -0.39 is 5.82 Å². The van der Waals surface area contributed by atoms with Crippen LogP contribution in [0.15, 0.2) is 83.9 Å². The number of aromatic nitrogens is 3. The van der Waals surface area contributed by atoms with Crippen LogP contribution in [0, 0.1) is 5.82 Å². The Bertz CT molecular complexity index is 1090. The second kappa shape index (κ2) is 7.20. The molecule has 4 aromatic rings. The van der Waals surface area contributed by atoms with Crippen LogP contribution in [0.2, 0.25) is 0 Å². The number of carbonyl (C=O) groups is 1. The van der Waals surface area contributed by atoms with Crippen molar-refractivity contribution in [2.45, 2.75) is 0 Å². The number of hydrogen-bond donors (Lipinski definition) is 1. The van der Waals surface area contributed by atoms with Crippen molar-refractivity contribution >= 4 is 27.5 Å². The summed E-state index contributed by atoms with van der Waals surface area (Å²) in [5.41, 5.74) is 2.14. The molecular formula is C20H14BrFN4O. The van der Waals surface area contributed by atoms with Crippen molar-refractivity contribution in [2.75, 3.05) is 5.32 Å². The summed E-state index contributed by atoms with van der Waals surface area (Å²) in [6.07, 6.45) is 7.20. The summed E-state index contributed by atoms with van der Waals surface area (Å²) in [6.45, 7) is 0. The fraction of sp³-hybridized carbons (Fsp3) is 0. The van der Waals surface area contributed by atoms with Gasteiger partial charge < -0.3 is 9.88 Å². The molecule has 2 heterocycles. The molecule has 0 bridgehead atoms. The highest BCUT2D eigenvalue weighted by atomic mass is 79.9. The maximum Gasteiger partial charge on any atom is 0.255 e. The molecule has 1 amide bonds. The van der Waals surface area contributed by atoms with Gasteiger partial charge in [0.15, 0.2) is 0 Å². The van der Waals surface area contributed by atoms with Gasteiger partial charge in [-0.2, -0.15) is 5.10 Å². The SMILES string of the molecule is O=C(Nc1cc(-n2cccc2)ccc1F)c1ccc(-n2cc(Br)cn2)cc1. The summed E-state index contributed by atoms with van der Waals surface area (Å²) >= 11 is 3.35. The second-order valence-corrected chi connectivity index (χ2v) is 6.77. The maximum absolute atomic E-state index is 14.1. The largest absolute Gasteiger partial charge is 0.324 e. The van der Waals surface area contributed by atoms with Crippen LogP contribution >= 0.6 is 15.9 Å². The van der Waals surface area contributed by atoms with Crippen molar-refractivity contribution in [2.24, 2.45) is 0 Å². The predicted molar refractivity (Wildman–Crippen MR) is 105 cm³/mol. The van der Waals surface area contributed by atoms with Crippen LogP contribution in [-0.2, 0) is 0 Å². The molecule has 0 fully saturated rings. The first-order chi connectivity index (χ1) is 13.1. The molecule has 5 nitrogen and oxygen atoms in total. The highest BCUT2D eigenvalue weighted by Crippen LogP contribution is 2.20. The number of anilines is 1. The summed E-state index contributed by atoms with van der Waals surface area (Å²) in [5.74, 6) is -0.871. The lowest BCUT2D eigenvalue weighted by Crippen LogP contribution is -2.13. The molecule has 2 aromatic carbocycles. The number of halogens is 2. The van der Waals surface area contributed by atoms with Crippen LogP contribution < -0.4 is 5.32 Å². The van der Waals surface area contributed by atoms with E-state index in [1.165, 1.54) is 6.07 Å². The molecule has 0 unspecified atom stereocenters. The zero-order valence-electron chi connectivity index (χ0n) is 14.0. The summed E-state index contributed by atoms with van der Waals surface area (Å²) in [7, 11) is 0. The van der Waals surface area contributed by atoms with E-state index in [0.717, 1.165) is 15.8 Å². The van der Waals surface area contributed by atoms with Crippen molar-refractivity contribution in [3.63, 3.8) is 0 Å². The summed E-state index contributed by atoms with van der Waals surface area (Å²) in [5, 5.41) is 6.83. The van der Waals surface area contributed by atoms with E-state index in [9.17, 15) is 9.18 Å². The van der Waals surface area contributed by atoms with Crippen molar-refractivity contribution < 1.29 is 9.18 Å². The lowest BCUT2D eigenvalue weighted by atomic mass is 10.2. The van der Waals surface area contributed by atoms with Crippen LogP contribution in [0.1, 0.15) is 10.4 Å². The molecule has 0 saturated heterocycles. The Morgan fingerprint density at radius 1 is 1.04 bits per heavy atom. The predicted octanol–water partition coefficient (Wildman–Crippen LogP) is 4.82. The number of benzene rings is 2. The first-order valence-electron chi connectivity index (χ1n) is 8.15. The van der Waals surface area contributed by atoms with Gasteiger partial charge >= 0.3 is 0 Å². The fourth-order valence-corrected chi connectivity index (χ4v) is 2.96. The third kappa shape index (κ3) is 3.68. The van der Waals surface area contributed by atoms with Gasteiger partial charge in [0.05, 0.1) is 22.0 Å². The standard InChI is InChI=1S/C20H14BrFN4O/c21-15-12-23-26(13-15)16-5-3-14(4-6-16)20(27)24-19-11-17(7-8-18(19)22)25-9-1-2-10-25/h1-13H,(H,24,27). The lowest BCUT2D eigenvalue weighted by molar-refractivity contribution is 0.102. The summed E-state index contributed by atoms with van der Waals surface area (Å²) in [6, 6.07) is 15.3. The van der Waals surface area contributed by atoms with Gasteiger partial charge in [-0.1, -0.05) is 0 Å². The molecule has 0 aliphatic rings. The Morgan fingerprint density at radius 2 is 1.74 bits per heavy atom. The van der Waals surface area contributed by atoms with Gasteiger partial charge in [-0.05, 0) is 70.5 Å². The molecule has 0 radical (unpaired) electrons. The van der Waals surface area contributed by atoms with Gasteiger partial charge in [0, 0.05) is 29.8 Å². The number of nitrogens with one attached hydrogen (secondary N) is 1. The van der Waals surface area contributed by atoms with Gasteiger partial charge in [-0.15, -0.1) is 0 Å². The second-order valence-electron chi connectivity index (χ2n) is 5.86. The third-order valence-electron chi connectivity index (χ3n) is 4.05. The van der Waals surface area contributed by atoms with Gasteiger partial charge in [0.2, 0.25) is 0 Å². The Hall–Kier alpha value is -3.19. The molecule has 27 heavy (non-hydrogen) atoms. The Balaban J connectivity index is 1.54. The zero-order valence-corrected chi connectivity index (χ0v) is 15.6. The highest BCUT2D eigenvalue weighted by molar-refractivity contribution is 9.10. The van der Waals surface area contributed by atoms with Crippen LogP contribution in [0.4, 0.5) is 10.1 Å². The smallest absolute Gasteiger partial charge is 0.255 e. The maximum atomic E-state index is 14.1. The number of nitrogens with zero attached hydrogens (tertiary/aromatic N) is 3. The molecule has 134 valence electrons. The normalized spacial score (nSPS) is 10.7. The van der Waals surface area contributed by atoms with Crippen molar-refractivity contribution in [3.8, 4) is 11.4 Å². The monoisotopic (exact) mass is 424 g/mol. The molecule has 2 aromatic heterocycles. The van der Waals surface area contributed by atoms with Crippen LogP contribution in [-0.4, -0.2) is 20.3 Å². The zero-order chi connectivity index (χ0) is 18.8. The van der Waals surface area contributed by atoms with E-state index in [0.29, 0.717) is 5.56 Å². The van der Waals surface area contributed by atoms with Gasteiger partial charge in [-0.3, -0.25) is 4.79 Å². The van der Waals surface area contributed by atoms with Gasteiger partial charge in [-0.25, -0.2) is 9.07 Å². The van der Waals surface area contributed by atoms with E-state index in [4.69, 9.17) is 0 Å². The van der Waals surface area contributed by atoms with E-state index in [1.807, 2.05) is 35.3 Å². The minimum Gasteiger partial charge on any atom is -0.324 e. The number of carbonyl (C=O) groups excluding carboxylic acids is 1. The number of amides is 1. The molecule has 7 heteroatoms. The quantitative estimate of drug-likeness (QED) is 0.510. The molecule has 1 N–H and O–H groups in total. The van der Waals surface area contributed by atoms with Crippen molar-refractivity contribution in [1.29, 1.82) is 0 Å². The fourth-order valence-electron chi connectivity index (χ4n) is 2.68. The Kier molecular flexibility index (Phi) is 4.60. The van der Waals surface area contributed by atoms with Gasteiger partial charge in [0.25, 0.3) is 5.91 Å². The van der Waals surface area contributed by atoms with Crippen LogP contribution in [0.3, 0.4) is 0 Å². The highest BCUT2D eigenvalue weighted by Gasteiger charge is 2.11. The number of hydrogen-bond acceptors (Lipinski definition) is 2. The molecule has 0 spiro atoms. The molecule has 0 aliphatic carbocycles. The average molecular weight is 425 g/mol. The average Bonchev–Trinajstić information content (AvgIpc) is 3.35. The first kappa shape index (κ1) is 17.2. The van der Waals surface area contributed by atoms with E-state index in [2.05, 4.69) is 26.3 Å². The summed E-state index contributed by atoms with van der Waals surface area (Å²) < 4.78 is 18.5. The van der Waals surface area contributed by atoms with E-state index in [-0.39, 0.29) is 11.6 Å². The van der Waals surface area contributed by atoms with Crippen molar-refractivity contribution in [1.82, 2.24) is 14.3 Å². The van der Waals surface area contributed by atoms with Crippen molar-refractivity contribution in [3.05, 3.63) is 95.2 Å². The van der Waals surface area contributed by atoms with Crippen LogP contribution in [0.25, 0.3) is 11.4 Å². The molecule has 0 aliphatic heterocycles. The van der Waals surface area contributed by atoms with E-state index in [1.54, 1.807) is 47.3 Å². The lowest BCUT2D eigenvalue weighted by Gasteiger charge is -2.10. The minimum absolute atomic E-state index is 0.131. The molecule has 0 atom stereocenters.